The van der Waals surface area contributed by atoms with E-state index in [0.29, 0.717) is 18.8 Å². The van der Waals surface area contributed by atoms with Crippen LogP contribution in [0.2, 0.25) is 0 Å². The zero-order valence-electron chi connectivity index (χ0n) is 7.40. The molecule has 0 aliphatic rings. The standard InChI is InChI=1S/C8H12N2O3/c1-2-12-8(11)7(9)3-6-4-10-5-13-6/h4-5,7H,2-3,9H2,1H3. The molecule has 1 aromatic heterocycles. The molecule has 13 heavy (non-hydrogen) atoms. The summed E-state index contributed by atoms with van der Waals surface area (Å²) in [6.45, 7) is 2.07. The maximum Gasteiger partial charge on any atom is 0.323 e. The van der Waals surface area contributed by atoms with Gasteiger partial charge in [-0.3, -0.25) is 4.79 Å². The van der Waals surface area contributed by atoms with Crippen molar-refractivity contribution >= 4 is 5.97 Å². The topological polar surface area (TPSA) is 78.4 Å². The molecule has 5 heteroatoms. The van der Waals surface area contributed by atoms with Crippen molar-refractivity contribution in [1.82, 2.24) is 4.98 Å². The Kier molecular flexibility index (Phi) is 3.45. The summed E-state index contributed by atoms with van der Waals surface area (Å²) < 4.78 is 9.66. The Morgan fingerprint density at radius 3 is 3.15 bits per heavy atom. The number of oxazole rings is 1. The molecule has 0 aliphatic heterocycles. The highest BCUT2D eigenvalue weighted by atomic mass is 16.5. The SMILES string of the molecule is CCOC(=O)C(N)Cc1cnco1. The minimum atomic E-state index is -0.673. The fraction of sp³-hybridized carbons (Fsp3) is 0.500. The largest absolute Gasteiger partial charge is 0.465 e. The van der Waals surface area contributed by atoms with Crippen LogP contribution in [0.15, 0.2) is 17.0 Å². The summed E-state index contributed by atoms with van der Waals surface area (Å²) in [7, 11) is 0. The van der Waals surface area contributed by atoms with Gasteiger partial charge in [-0.15, -0.1) is 0 Å². The second-order valence-electron chi connectivity index (χ2n) is 2.53. The third-order valence-corrected chi connectivity index (χ3v) is 1.49. The van der Waals surface area contributed by atoms with Crippen LogP contribution in [-0.2, 0) is 16.0 Å². The fourth-order valence-corrected chi connectivity index (χ4v) is 0.892. The molecule has 1 aromatic rings. The van der Waals surface area contributed by atoms with Crippen LogP contribution in [0.5, 0.6) is 0 Å². The Balaban J connectivity index is 2.41. The summed E-state index contributed by atoms with van der Waals surface area (Å²) in [5, 5.41) is 0. The van der Waals surface area contributed by atoms with Crippen molar-refractivity contribution in [2.45, 2.75) is 19.4 Å². The average Bonchev–Trinajstić information content (AvgIpc) is 2.57. The highest BCUT2D eigenvalue weighted by Crippen LogP contribution is 2.01. The van der Waals surface area contributed by atoms with Gasteiger partial charge in [-0.2, -0.15) is 0 Å². The molecule has 0 saturated carbocycles. The number of esters is 1. The van der Waals surface area contributed by atoms with Crippen LogP contribution in [0.4, 0.5) is 0 Å². The molecule has 72 valence electrons. The van der Waals surface area contributed by atoms with Crippen LogP contribution in [-0.4, -0.2) is 23.6 Å². The number of nitrogens with zero attached hydrogens (tertiary/aromatic N) is 1. The smallest absolute Gasteiger partial charge is 0.323 e. The summed E-state index contributed by atoms with van der Waals surface area (Å²) in [6.07, 6.45) is 3.14. The van der Waals surface area contributed by atoms with Gasteiger partial charge >= 0.3 is 5.97 Å². The van der Waals surface area contributed by atoms with E-state index in [-0.39, 0.29) is 0 Å². The Morgan fingerprint density at radius 2 is 2.62 bits per heavy atom. The molecule has 0 spiro atoms. The first-order valence-electron chi connectivity index (χ1n) is 4.03. The third-order valence-electron chi connectivity index (χ3n) is 1.49. The van der Waals surface area contributed by atoms with Gasteiger partial charge in [0.25, 0.3) is 0 Å². The molecule has 1 rings (SSSR count). The molecule has 0 bridgehead atoms. The van der Waals surface area contributed by atoms with Crippen molar-refractivity contribution in [3.8, 4) is 0 Å². The quantitative estimate of drug-likeness (QED) is 0.672. The highest BCUT2D eigenvalue weighted by molar-refractivity contribution is 5.75. The molecular weight excluding hydrogens is 172 g/mol. The van der Waals surface area contributed by atoms with Crippen LogP contribution in [0.25, 0.3) is 0 Å². The van der Waals surface area contributed by atoms with E-state index in [1.165, 1.54) is 12.6 Å². The normalized spacial score (nSPS) is 12.5. The van der Waals surface area contributed by atoms with Gasteiger partial charge in [0, 0.05) is 6.42 Å². The summed E-state index contributed by atoms with van der Waals surface area (Å²) >= 11 is 0. The summed E-state index contributed by atoms with van der Waals surface area (Å²) in [6, 6.07) is -0.673. The molecule has 5 nitrogen and oxygen atoms in total. The first-order valence-corrected chi connectivity index (χ1v) is 4.03. The molecule has 0 fully saturated rings. The Hall–Kier alpha value is -1.36. The highest BCUT2D eigenvalue weighted by Gasteiger charge is 2.16. The molecular formula is C8H12N2O3. The van der Waals surface area contributed by atoms with Crippen LogP contribution < -0.4 is 5.73 Å². The van der Waals surface area contributed by atoms with Crippen molar-refractivity contribution in [3.63, 3.8) is 0 Å². The van der Waals surface area contributed by atoms with E-state index in [1.54, 1.807) is 6.92 Å². The second-order valence-corrected chi connectivity index (χ2v) is 2.53. The lowest BCUT2D eigenvalue weighted by atomic mass is 10.2. The Labute approximate surface area is 75.9 Å². The fourth-order valence-electron chi connectivity index (χ4n) is 0.892. The van der Waals surface area contributed by atoms with Crippen LogP contribution in [0.3, 0.4) is 0 Å². The van der Waals surface area contributed by atoms with Gasteiger partial charge in [0.1, 0.15) is 11.8 Å². The zero-order valence-corrected chi connectivity index (χ0v) is 7.40. The molecule has 2 N–H and O–H groups in total. The number of ether oxygens (including phenoxy) is 1. The predicted molar refractivity (Wildman–Crippen MR) is 44.8 cm³/mol. The molecule has 0 amide bonds. The molecule has 0 saturated heterocycles. The van der Waals surface area contributed by atoms with Gasteiger partial charge in [-0.1, -0.05) is 0 Å². The van der Waals surface area contributed by atoms with Crippen molar-refractivity contribution in [1.29, 1.82) is 0 Å². The summed E-state index contributed by atoms with van der Waals surface area (Å²) in [4.78, 5) is 14.8. The monoisotopic (exact) mass is 184 g/mol. The van der Waals surface area contributed by atoms with E-state index in [0.717, 1.165) is 0 Å². The first kappa shape index (κ1) is 9.73. The summed E-state index contributed by atoms with van der Waals surface area (Å²) in [5.74, 6) is 0.166. The Morgan fingerprint density at radius 1 is 1.85 bits per heavy atom. The molecule has 0 aliphatic carbocycles. The molecule has 0 aromatic carbocycles. The van der Waals surface area contributed by atoms with Gasteiger partial charge in [0.15, 0.2) is 6.39 Å². The average molecular weight is 184 g/mol. The molecule has 1 atom stereocenters. The van der Waals surface area contributed by atoms with E-state index >= 15 is 0 Å². The van der Waals surface area contributed by atoms with E-state index < -0.39 is 12.0 Å². The maximum absolute atomic E-state index is 11.1. The molecule has 1 heterocycles. The number of hydrogen-bond donors (Lipinski definition) is 1. The van der Waals surface area contributed by atoms with Gasteiger partial charge in [0.05, 0.1) is 12.8 Å². The van der Waals surface area contributed by atoms with Crippen LogP contribution >= 0.6 is 0 Å². The van der Waals surface area contributed by atoms with Crippen molar-refractivity contribution < 1.29 is 13.9 Å². The number of rotatable bonds is 4. The minimum Gasteiger partial charge on any atom is -0.465 e. The van der Waals surface area contributed by atoms with Crippen LogP contribution in [0.1, 0.15) is 12.7 Å². The zero-order chi connectivity index (χ0) is 9.68. The number of nitrogens with two attached hydrogens (primary N) is 1. The van der Waals surface area contributed by atoms with Crippen molar-refractivity contribution in [2.75, 3.05) is 6.61 Å². The van der Waals surface area contributed by atoms with Gasteiger partial charge < -0.3 is 14.9 Å². The van der Waals surface area contributed by atoms with Crippen LogP contribution in [0, 0.1) is 0 Å². The van der Waals surface area contributed by atoms with Crippen molar-refractivity contribution in [3.05, 3.63) is 18.4 Å². The lowest BCUT2D eigenvalue weighted by Gasteiger charge is -2.07. The van der Waals surface area contributed by atoms with Gasteiger partial charge in [-0.25, -0.2) is 4.98 Å². The predicted octanol–water partition coefficient (Wildman–Crippen LogP) is 0.107. The van der Waals surface area contributed by atoms with E-state index in [9.17, 15) is 4.79 Å². The first-order chi connectivity index (χ1) is 6.24. The van der Waals surface area contributed by atoms with E-state index in [4.69, 9.17) is 14.9 Å². The molecule has 1 unspecified atom stereocenters. The van der Waals surface area contributed by atoms with Crippen molar-refractivity contribution in [2.24, 2.45) is 5.73 Å². The van der Waals surface area contributed by atoms with E-state index in [1.807, 2.05) is 0 Å². The van der Waals surface area contributed by atoms with Gasteiger partial charge in [-0.05, 0) is 6.92 Å². The third kappa shape index (κ3) is 2.87. The van der Waals surface area contributed by atoms with Gasteiger partial charge in [0.2, 0.25) is 0 Å². The lowest BCUT2D eigenvalue weighted by Crippen LogP contribution is -2.34. The lowest BCUT2D eigenvalue weighted by molar-refractivity contribution is -0.144. The number of carbonyl (C=O) groups is 1. The minimum absolute atomic E-state index is 0.318. The Bertz CT molecular complexity index is 258. The molecule has 0 radical (unpaired) electrons. The number of aromatic nitrogens is 1. The van der Waals surface area contributed by atoms with E-state index in [2.05, 4.69) is 4.98 Å². The maximum atomic E-state index is 11.1. The summed E-state index contributed by atoms with van der Waals surface area (Å²) in [5.41, 5.74) is 5.53. The second kappa shape index (κ2) is 4.61. The number of hydrogen-bond acceptors (Lipinski definition) is 5. The number of carbonyl (C=O) groups excluding carboxylic acids is 1.